The number of hydrogen-bond acceptors (Lipinski definition) is 2. The van der Waals surface area contributed by atoms with Gasteiger partial charge < -0.3 is 10.2 Å². The quantitative estimate of drug-likeness (QED) is 0.895. The Morgan fingerprint density at radius 3 is 2.47 bits per heavy atom. The maximum atomic E-state index is 12.2. The Hall–Kier alpha value is -1.84. The summed E-state index contributed by atoms with van der Waals surface area (Å²) in [5.41, 5.74) is 0.628. The predicted molar refractivity (Wildman–Crippen MR) is 73.4 cm³/mol. The topological polar surface area (TPSA) is 49.4 Å². The summed E-state index contributed by atoms with van der Waals surface area (Å²) < 4.78 is 0. The van der Waals surface area contributed by atoms with E-state index in [2.05, 4.69) is 5.32 Å². The molecular weight excluding hydrogens is 240 g/mol. The van der Waals surface area contributed by atoms with Gasteiger partial charge >= 0.3 is 0 Å². The number of nitrogens with zero attached hydrogens (tertiary/aromatic N) is 1. The van der Waals surface area contributed by atoms with Gasteiger partial charge in [-0.05, 0) is 19.4 Å². The second kappa shape index (κ2) is 5.03. The molecule has 4 nitrogen and oxygen atoms in total. The monoisotopic (exact) mass is 260 g/mol. The first-order chi connectivity index (χ1) is 8.90. The zero-order valence-electron chi connectivity index (χ0n) is 11.6. The molecule has 2 rings (SSSR count). The van der Waals surface area contributed by atoms with Gasteiger partial charge in [0.1, 0.15) is 0 Å². The minimum Gasteiger partial charge on any atom is -0.347 e. The normalized spacial score (nSPS) is 19.6. The van der Waals surface area contributed by atoms with Crippen LogP contribution in [0.3, 0.4) is 0 Å². The largest absolute Gasteiger partial charge is 0.347 e. The molecule has 1 heterocycles. The maximum absolute atomic E-state index is 12.2. The summed E-state index contributed by atoms with van der Waals surface area (Å²) in [6.07, 6.45) is 0.313. The van der Waals surface area contributed by atoms with Crippen LogP contribution in [-0.2, 0) is 15.1 Å². The third kappa shape index (κ3) is 2.95. The number of carbonyl (C=O) groups excluding carboxylic acids is 2. The zero-order chi connectivity index (χ0) is 14.0. The molecule has 0 aromatic heterocycles. The summed E-state index contributed by atoms with van der Waals surface area (Å²) in [5, 5.41) is 3.04. The summed E-state index contributed by atoms with van der Waals surface area (Å²) in [5.74, 6) is -0.246. The lowest BCUT2D eigenvalue weighted by Gasteiger charge is -2.28. The molecule has 0 spiro atoms. The number of likely N-dealkylation sites (tertiary alicyclic amines) is 1. The molecule has 1 aromatic carbocycles. The summed E-state index contributed by atoms with van der Waals surface area (Å²) >= 11 is 0. The molecule has 0 bridgehead atoms. The molecule has 1 saturated heterocycles. The van der Waals surface area contributed by atoms with Crippen molar-refractivity contribution in [3.63, 3.8) is 0 Å². The highest BCUT2D eigenvalue weighted by molar-refractivity contribution is 5.89. The molecule has 1 fully saturated rings. The zero-order valence-corrected chi connectivity index (χ0v) is 11.6. The van der Waals surface area contributed by atoms with Crippen LogP contribution in [0.5, 0.6) is 0 Å². The molecule has 4 heteroatoms. The average molecular weight is 260 g/mol. The standard InChI is InChI=1S/C15H20N2O2/c1-15(2,12-7-5-4-6-8-12)16-14(19)11-9-13(18)17(3)10-11/h4-8,11H,9-10H2,1-3H3,(H,16,19)/t11-/m0/s1. The van der Waals surface area contributed by atoms with Crippen molar-refractivity contribution in [3.8, 4) is 0 Å². The molecular formula is C15H20N2O2. The molecule has 102 valence electrons. The van der Waals surface area contributed by atoms with Crippen LogP contribution >= 0.6 is 0 Å². The lowest BCUT2D eigenvalue weighted by Crippen LogP contribution is -2.44. The van der Waals surface area contributed by atoms with Crippen LogP contribution in [0, 0.1) is 5.92 Å². The first kappa shape index (κ1) is 13.6. The van der Waals surface area contributed by atoms with E-state index in [1.54, 1.807) is 11.9 Å². The molecule has 1 aliphatic heterocycles. The fourth-order valence-corrected chi connectivity index (χ4v) is 2.38. The van der Waals surface area contributed by atoms with Gasteiger partial charge in [0.15, 0.2) is 0 Å². The van der Waals surface area contributed by atoms with E-state index in [0.717, 1.165) is 5.56 Å². The lowest BCUT2D eigenvalue weighted by molar-refractivity contribution is -0.129. The van der Waals surface area contributed by atoms with E-state index in [1.807, 2.05) is 44.2 Å². The van der Waals surface area contributed by atoms with Gasteiger partial charge in [0.05, 0.1) is 11.5 Å². The second-order valence-electron chi connectivity index (χ2n) is 5.66. The Labute approximate surface area is 113 Å². The summed E-state index contributed by atoms with van der Waals surface area (Å²) in [6, 6.07) is 9.84. The molecule has 1 aromatic rings. The second-order valence-corrected chi connectivity index (χ2v) is 5.66. The number of benzene rings is 1. The van der Waals surface area contributed by atoms with Gasteiger partial charge in [0.25, 0.3) is 0 Å². The van der Waals surface area contributed by atoms with Gasteiger partial charge in [-0.2, -0.15) is 0 Å². The number of hydrogen-bond donors (Lipinski definition) is 1. The van der Waals surface area contributed by atoms with Crippen LogP contribution in [0.2, 0.25) is 0 Å². The third-order valence-electron chi connectivity index (χ3n) is 3.64. The molecule has 0 saturated carbocycles. The number of carbonyl (C=O) groups is 2. The molecule has 0 unspecified atom stereocenters. The number of amides is 2. The van der Waals surface area contributed by atoms with Gasteiger partial charge in [0.2, 0.25) is 11.8 Å². The van der Waals surface area contributed by atoms with Crippen molar-refractivity contribution >= 4 is 11.8 Å². The van der Waals surface area contributed by atoms with Crippen LogP contribution in [0.4, 0.5) is 0 Å². The van der Waals surface area contributed by atoms with Crippen molar-refractivity contribution in [2.45, 2.75) is 25.8 Å². The van der Waals surface area contributed by atoms with Crippen molar-refractivity contribution < 1.29 is 9.59 Å². The highest BCUT2D eigenvalue weighted by atomic mass is 16.2. The molecule has 19 heavy (non-hydrogen) atoms. The fourth-order valence-electron chi connectivity index (χ4n) is 2.38. The SMILES string of the molecule is CN1C[C@@H](C(=O)NC(C)(C)c2ccccc2)CC1=O. The van der Waals surface area contributed by atoms with Crippen LogP contribution in [-0.4, -0.2) is 30.3 Å². The maximum Gasteiger partial charge on any atom is 0.226 e. The van der Waals surface area contributed by atoms with E-state index in [9.17, 15) is 9.59 Å². The van der Waals surface area contributed by atoms with Gasteiger partial charge in [-0.15, -0.1) is 0 Å². The summed E-state index contributed by atoms with van der Waals surface area (Å²) in [4.78, 5) is 25.3. The van der Waals surface area contributed by atoms with E-state index in [4.69, 9.17) is 0 Å². The Kier molecular flexibility index (Phi) is 3.60. The highest BCUT2D eigenvalue weighted by Crippen LogP contribution is 2.22. The molecule has 1 aliphatic rings. The first-order valence-corrected chi connectivity index (χ1v) is 6.51. The Balaban J connectivity index is 2.05. The molecule has 1 atom stereocenters. The van der Waals surface area contributed by atoms with E-state index in [1.165, 1.54) is 0 Å². The predicted octanol–water partition coefficient (Wildman–Crippen LogP) is 1.52. The van der Waals surface area contributed by atoms with E-state index in [0.29, 0.717) is 13.0 Å². The number of rotatable bonds is 3. The van der Waals surface area contributed by atoms with Crippen LogP contribution in [0.25, 0.3) is 0 Å². The minimum atomic E-state index is -0.428. The highest BCUT2D eigenvalue weighted by Gasteiger charge is 2.34. The molecule has 1 N–H and O–H groups in total. The van der Waals surface area contributed by atoms with Crippen LogP contribution < -0.4 is 5.32 Å². The molecule has 0 radical (unpaired) electrons. The number of nitrogens with one attached hydrogen (secondary N) is 1. The smallest absolute Gasteiger partial charge is 0.226 e. The fraction of sp³-hybridized carbons (Fsp3) is 0.467. The van der Waals surface area contributed by atoms with Crippen LogP contribution in [0.1, 0.15) is 25.8 Å². The lowest BCUT2D eigenvalue weighted by atomic mass is 9.93. The van der Waals surface area contributed by atoms with Gasteiger partial charge in [0, 0.05) is 20.0 Å². The first-order valence-electron chi connectivity index (χ1n) is 6.51. The Bertz CT molecular complexity index is 482. The van der Waals surface area contributed by atoms with Crippen molar-refractivity contribution in [3.05, 3.63) is 35.9 Å². The van der Waals surface area contributed by atoms with E-state index < -0.39 is 5.54 Å². The summed E-state index contributed by atoms with van der Waals surface area (Å²) in [7, 11) is 1.73. The minimum absolute atomic E-state index is 0.0395. The van der Waals surface area contributed by atoms with Crippen molar-refractivity contribution in [1.82, 2.24) is 10.2 Å². The average Bonchev–Trinajstić information content (AvgIpc) is 2.70. The van der Waals surface area contributed by atoms with Gasteiger partial charge in [-0.3, -0.25) is 9.59 Å². The Morgan fingerprint density at radius 1 is 1.32 bits per heavy atom. The molecule has 0 aliphatic carbocycles. The van der Waals surface area contributed by atoms with Crippen molar-refractivity contribution in [2.75, 3.05) is 13.6 Å². The van der Waals surface area contributed by atoms with Gasteiger partial charge in [-0.1, -0.05) is 30.3 Å². The Morgan fingerprint density at radius 2 is 1.95 bits per heavy atom. The van der Waals surface area contributed by atoms with Crippen molar-refractivity contribution in [1.29, 1.82) is 0 Å². The third-order valence-corrected chi connectivity index (χ3v) is 3.64. The van der Waals surface area contributed by atoms with E-state index in [-0.39, 0.29) is 17.7 Å². The summed E-state index contributed by atoms with van der Waals surface area (Å²) in [6.45, 7) is 4.46. The van der Waals surface area contributed by atoms with Gasteiger partial charge in [-0.25, -0.2) is 0 Å². The van der Waals surface area contributed by atoms with E-state index >= 15 is 0 Å². The van der Waals surface area contributed by atoms with Crippen LogP contribution in [0.15, 0.2) is 30.3 Å². The van der Waals surface area contributed by atoms with Crippen molar-refractivity contribution in [2.24, 2.45) is 5.92 Å². The molecule has 2 amide bonds.